The van der Waals surface area contributed by atoms with E-state index in [0.29, 0.717) is 17.0 Å². The Morgan fingerprint density at radius 2 is 1.63 bits per heavy atom. The van der Waals surface area contributed by atoms with Gasteiger partial charge in [-0.1, -0.05) is 42.5 Å². The number of hydrogen-bond acceptors (Lipinski definition) is 6. The molecular formula is C21H20N6O3. The van der Waals surface area contributed by atoms with E-state index < -0.39 is 0 Å². The molecule has 0 aliphatic carbocycles. The molecule has 1 aromatic heterocycles. The zero-order valence-corrected chi connectivity index (χ0v) is 16.4. The fourth-order valence-electron chi connectivity index (χ4n) is 3.34. The minimum absolute atomic E-state index is 0.0722. The first-order valence-electron chi connectivity index (χ1n) is 9.59. The smallest absolute Gasteiger partial charge is 0.261 e. The molecule has 2 heterocycles. The standard InChI is InChI=1S/C21H20N6O3/c1-14(15-7-3-2-4-8-15)22-19(28)13-27-24-18(23-25-27)11-12-26-20(29)16-9-5-6-10-17(16)21(26)30/h2-10,14H,11-13H2,1H3,(H,22,28)/t14-/m1/s1. The first-order chi connectivity index (χ1) is 14.5. The Kier molecular flexibility index (Phi) is 5.34. The summed E-state index contributed by atoms with van der Waals surface area (Å²) in [6, 6.07) is 16.2. The van der Waals surface area contributed by atoms with Crippen molar-refractivity contribution in [1.29, 1.82) is 0 Å². The van der Waals surface area contributed by atoms with Gasteiger partial charge in [0.1, 0.15) is 6.54 Å². The van der Waals surface area contributed by atoms with E-state index >= 15 is 0 Å². The molecule has 152 valence electrons. The molecule has 1 atom stereocenters. The van der Waals surface area contributed by atoms with E-state index in [1.54, 1.807) is 24.3 Å². The second-order valence-corrected chi connectivity index (χ2v) is 6.99. The Hall–Kier alpha value is -3.88. The Labute approximate surface area is 172 Å². The van der Waals surface area contributed by atoms with Crippen LogP contribution in [0, 0.1) is 0 Å². The van der Waals surface area contributed by atoms with Gasteiger partial charge in [-0.15, -0.1) is 10.2 Å². The van der Waals surface area contributed by atoms with Crippen molar-refractivity contribution in [2.45, 2.75) is 25.9 Å². The van der Waals surface area contributed by atoms with Gasteiger partial charge in [0.25, 0.3) is 11.8 Å². The summed E-state index contributed by atoms with van der Waals surface area (Å²) in [6.45, 7) is 1.97. The molecule has 0 bridgehead atoms. The summed E-state index contributed by atoms with van der Waals surface area (Å²) >= 11 is 0. The summed E-state index contributed by atoms with van der Waals surface area (Å²) in [7, 11) is 0. The highest BCUT2D eigenvalue weighted by Crippen LogP contribution is 2.22. The number of amides is 3. The maximum atomic E-state index is 12.4. The number of aromatic nitrogens is 4. The number of fused-ring (bicyclic) bond motifs is 1. The molecule has 0 fully saturated rings. The van der Waals surface area contributed by atoms with Crippen LogP contribution in [0.1, 0.15) is 45.1 Å². The number of tetrazole rings is 1. The molecule has 1 aliphatic rings. The molecule has 9 nitrogen and oxygen atoms in total. The summed E-state index contributed by atoms with van der Waals surface area (Å²) < 4.78 is 0. The first-order valence-corrected chi connectivity index (χ1v) is 9.59. The molecule has 3 amide bonds. The second-order valence-electron chi connectivity index (χ2n) is 6.99. The van der Waals surface area contributed by atoms with Crippen LogP contribution in [-0.4, -0.2) is 49.4 Å². The van der Waals surface area contributed by atoms with E-state index in [-0.39, 0.29) is 43.3 Å². The van der Waals surface area contributed by atoms with Crippen LogP contribution in [0.4, 0.5) is 0 Å². The molecule has 0 saturated heterocycles. The Bertz CT molecular complexity index is 1060. The molecule has 9 heteroatoms. The van der Waals surface area contributed by atoms with Crippen molar-refractivity contribution in [3.8, 4) is 0 Å². The van der Waals surface area contributed by atoms with Crippen molar-refractivity contribution in [3.05, 3.63) is 77.1 Å². The Morgan fingerprint density at radius 1 is 1.00 bits per heavy atom. The second kappa shape index (κ2) is 8.24. The molecule has 0 saturated carbocycles. The van der Waals surface area contributed by atoms with Gasteiger partial charge in [0.2, 0.25) is 5.91 Å². The molecule has 0 unspecified atom stereocenters. The lowest BCUT2D eigenvalue weighted by molar-refractivity contribution is -0.122. The van der Waals surface area contributed by atoms with Crippen LogP contribution in [0.25, 0.3) is 0 Å². The van der Waals surface area contributed by atoms with Crippen LogP contribution in [0.2, 0.25) is 0 Å². The van der Waals surface area contributed by atoms with E-state index in [2.05, 4.69) is 20.7 Å². The first kappa shape index (κ1) is 19.4. The van der Waals surface area contributed by atoms with E-state index in [1.165, 1.54) is 9.70 Å². The van der Waals surface area contributed by atoms with Crippen molar-refractivity contribution >= 4 is 17.7 Å². The van der Waals surface area contributed by atoms with Crippen molar-refractivity contribution in [1.82, 2.24) is 30.4 Å². The maximum Gasteiger partial charge on any atom is 0.261 e. The monoisotopic (exact) mass is 404 g/mol. The van der Waals surface area contributed by atoms with Crippen LogP contribution < -0.4 is 5.32 Å². The van der Waals surface area contributed by atoms with Crippen molar-refractivity contribution in [2.24, 2.45) is 0 Å². The lowest BCUT2D eigenvalue weighted by Gasteiger charge is -2.13. The molecule has 2 aromatic carbocycles. The van der Waals surface area contributed by atoms with E-state index in [1.807, 2.05) is 37.3 Å². The predicted molar refractivity (Wildman–Crippen MR) is 106 cm³/mol. The summed E-state index contributed by atoms with van der Waals surface area (Å²) in [5.41, 5.74) is 1.81. The van der Waals surface area contributed by atoms with Gasteiger partial charge in [-0.2, -0.15) is 4.80 Å². The molecule has 1 N–H and O–H groups in total. The van der Waals surface area contributed by atoms with Crippen molar-refractivity contribution in [3.63, 3.8) is 0 Å². The number of hydrogen-bond donors (Lipinski definition) is 1. The quantitative estimate of drug-likeness (QED) is 0.596. The van der Waals surface area contributed by atoms with Crippen LogP contribution in [0.5, 0.6) is 0 Å². The van der Waals surface area contributed by atoms with Gasteiger partial charge in [0.15, 0.2) is 5.82 Å². The third kappa shape index (κ3) is 3.95. The summed E-state index contributed by atoms with van der Waals surface area (Å²) in [5, 5.41) is 14.9. The molecular weight excluding hydrogens is 384 g/mol. The molecule has 0 radical (unpaired) electrons. The van der Waals surface area contributed by atoms with Crippen molar-refractivity contribution in [2.75, 3.05) is 6.54 Å². The Balaban J connectivity index is 1.31. The van der Waals surface area contributed by atoms with Gasteiger partial charge in [0, 0.05) is 13.0 Å². The third-order valence-electron chi connectivity index (χ3n) is 4.89. The average molecular weight is 404 g/mol. The fourth-order valence-corrected chi connectivity index (χ4v) is 3.34. The number of rotatable bonds is 7. The van der Waals surface area contributed by atoms with Crippen LogP contribution >= 0.6 is 0 Å². The topological polar surface area (TPSA) is 110 Å². The average Bonchev–Trinajstić information content (AvgIpc) is 3.30. The zero-order chi connectivity index (χ0) is 21.1. The van der Waals surface area contributed by atoms with Gasteiger partial charge >= 0.3 is 0 Å². The highest BCUT2D eigenvalue weighted by atomic mass is 16.2. The minimum atomic E-state index is -0.322. The van der Waals surface area contributed by atoms with E-state index in [4.69, 9.17) is 0 Å². The number of carbonyl (C=O) groups is 3. The summed E-state index contributed by atoms with van der Waals surface area (Å²) in [5.74, 6) is -0.527. The number of nitrogens with one attached hydrogen (secondary N) is 1. The van der Waals surface area contributed by atoms with Crippen LogP contribution in [-0.2, 0) is 17.8 Å². The van der Waals surface area contributed by atoms with Gasteiger partial charge in [-0.05, 0) is 29.8 Å². The van der Waals surface area contributed by atoms with E-state index in [0.717, 1.165) is 5.56 Å². The largest absolute Gasteiger partial charge is 0.348 e. The molecule has 0 spiro atoms. The minimum Gasteiger partial charge on any atom is -0.348 e. The number of benzene rings is 2. The van der Waals surface area contributed by atoms with Crippen molar-refractivity contribution < 1.29 is 14.4 Å². The Morgan fingerprint density at radius 3 is 2.30 bits per heavy atom. The fraction of sp³-hybridized carbons (Fsp3) is 0.238. The highest BCUT2D eigenvalue weighted by Gasteiger charge is 2.34. The van der Waals surface area contributed by atoms with Gasteiger partial charge < -0.3 is 5.32 Å². The van der Waals surface area contributed by atoms with Crippen LogP contribution in [0.3, 0.4) is 0 Å². The molecule has 4 rings (SSSR count). The summed E-state index contributed by atoms with van der Waals surface area (Å²) in [4.78, 5) is 39.4. The number of carbonyl (C=O) groups excluding carboxylic acids is 3. The number of imide groups is 1. The molecule has 30 heavy (non-hydrogen) atoms. The number of nitrogens with zero attached hydrogens (tertiary/aromatic N) is 5. The van der Waals surface area contributed by atoms with Crippen LogP contribution in [0.15, 0.2) is 54.6 Å². The highest BCUT2D eigenvalue weighted by molar-refractivity contribution is 6.21. The SMILES string of the molecule is C[C@@H](NC(=O)Cn1nnc(CCN2C(=O)c3ccccc3C2=O)n1)c1ccccc1. The zero-order valence-electron chi connectivity index (χ0n) is 16.4. The van der Waals surface area contributed by atoms with E-state index in [9.17, 15) is 14.4 Å². The lowest BCUT2D eigenvalue weighted by atomic mass is 10.1. The molecule has 1 aliphatic heterocycles. The molecule has 3 aromatic rings. The lowest BCUT2D eigenvalue weighted by Crippen LogP contribution is -2.32. The summed E-state index contributed by atoms with van der Waals surface area (Å²) in [6.07, 6.45) is 0.257. The van der Waals surface area contributed by atoms with Gasteiger partial charge in [0.05, 0.1) is 17.2 Å². The third-order valence-corrected chi connectivity index (χ3v) is 4.89. The predicted octanol–water partition coefficient (Wildman–Crippen LogP) is 1.39. The normalized spacial score (nSPS) is 14.0. The van der Waals surface area contributed by atoms with Gasteiger partial charge in [-0.3, -0.25) is 19.3 Å². The maximum absolute atomic E-state index is 12.4. The van der Waals surface area contributed by atoms with Gasteiger partial charge in [-0.25, -0.2) is 0 Å².